The Kier molecular flexibility index (Phi) is 8.49. The molecule has 9 heteroatoms. The topological polar surface area (TPSA) is 97.0 Å². The minimum atomic E-state index is -0.452. The fraction of sp³-hybridized carbons (Fsp3) is 0.323. The van der Waals surface area contributed by atoms with Crippen molar-refractivity contribution in [3.05, 3.63) is 106 Å². The number of aryl methyl sites for hydroxylation is 2. The molecule has 1 N–H and O–H groups in total. The fourth-order valence-corrected chi connectivity index (χ4v) is 5.04. The molecule has 9 nitrogen and oxygen atoms in total. The number of nitrogens with zero attached hydrogens (tertiary/aromatic N) is 3. The largest absolute Gasteiger partial charge is 0.445 e. The first-order valence-electron chi connectivity index (χ1n) is 13.6. The number of piperazine rings is 1. The molecule has 5 rings (SSSR count). The lowest BCUT2D eigenvalue weighted by molar-refractivity contribution is 0.0579. The Morgan fingerprint density at radius 1 is 0.950 bits per heavy atom. The highest BCUT2D eigenvalue weighted by atomic mass is 16.6. The lowest BCUT2D eigenvalue weighted by Crippen LogP contribution is -2.54. The summed E-state index contributed by atoms with van der Waals surface area (Å²) in [6.45, 7) is 1.70. The van der Waals surface area contributed by atoms with Gasteiger partial charge in [0.1, 0.15) is 6.61 Å². The Morgan fingerprint density at radius 3 is 2.42 bits per heavy atom. The first kappa shape index (κ1) is 27.1. The maximum Gasteiger partial charge on any atom is 0.419 e. The van der Waals surface area contributed by atoms with Gasteiger partial charge in [0.25, 0.3) is 0 Å². The molecule has 1 aliphatic rings. The van der Waals surface area contributed by atoms with E-state index >= 15 is 0 Å². The highest BCUT2D eigenvalue weighted by molar-refractivity contribution is 5.77. The van der Waals surface area contributed by atoms with Gasteiger partial charge in [-0.25, -0.2) is 14.4 Å². The van der Waals surface area contributed by atoms with Gasteiger partial charge in [-0.3, -0.25) is 4.57 Å². The third-order valence-corrected chi connectivity index (χ3v) is 7.32. The summed E-state index contributed by atoms with van der Waals surface area (Å²) >= 11 is 0. The molecule has 0 aliphatic carbocycles. The summed E-state index contributed by atoms with van der Waals surface area (Å²) in [5.74, 6) is -0.452. The number of benzene rings is 3. The molecular weight excluding hydrogens is 508 g/mol. The van der Waals surface area contributed by atoms with Crippen LogP contribution >= 0.6 is 0 Å². The van der Waals surface area contributed by atoms with Crippen LogP contribution in [0.25, 0.3) is 11.1 Å². The molecule has 1 aromatic heterocycles. The van der Waals surface area contributed by atoms with E-state index in [1.165, 1.54) is 10.1 Å². The number of hydrogen-bond donors (Lipinski definition) is 1. The molecule has 1 fully saturated rings. The second-order valence-corrected chi connectivity index (χ2v) is 10.0. The molecule has 40 heavy (non-hydrogen) atoms. The van der Waals surface area contributed by atoms with E-state index in [2.05, 4.69) is 17.4 Å². The Hall–Kier alpha value is -4.53. The monoisotopic (exact) mass is 542 g/mol. The minimum Gasteiger partial charge on any atom is -0.445 e. The number of carbonyl (C=O) groups is 2. The van der Waals surface area contributed by atoms with Crippen LogP contribution in [0.15, 0.2) is 88.1 Å². The molecule has 0 bridgehead atoms. The number of fused-ring (bicyclic) bond motifs is 1. The maximum absolute atomic E-state index is 13.3. The summed E-state index contributed by atoms with van der Waals surface area (Å²) in [6, 6.07) is 24.7. The SMILES string of the molecule is Cn1c(=O)oc2cc(C3CN(C(=O)OCc4ccccc4)CCN3C(=O)NCCCCc3ccccc3)ccc21. The zero-order chi connectivity index (χ0) is 27.9. The molecule has 1 atom stereocenters. The van der Waals surface area contributed by atoms with Gasteiger partial charge >= 0.3 is 17.9 Å². The Morgan fingerprint density at radius 2 is 1.68 bits per heavy atom. The number of urea groups is 1. The van der Waals surface area contributed by atoms with E-state index in [0.29, 0.717) is 30.7 Å². The molecule has 208 valence electrons. The van der Waals surface area contributed by atoms with Gasteiger partial charge in [-0.2, -0.15) is 0 Å². The van der Waals surface area contributed by atoms with Crippen molar-refractivity contribution in [3.8, 4) is 0 Å². The van der Waals surface area contributed by atoms with Gasteiger partial charge in [0.15, 0.2) is 5.58 Å². The van der Waals surface area contributed by atoms with Crippen molar-refractivity contribution in [2.24, 2.45) is 7.05 Å². The van der Waals surface area contributed by atoms with Crippen LogP contribution in [0.1, 0.15) is 35.6 Å². The van der Waals surface area contributed by atoms with Crippen LogP contribution in [0.2, 0.25) is 0 Å². The lowest BCUT2D eigenvalue weighted by atomic mass is 10.0. The highest BCUT2D eigenvalue weighted by Crippen LogP contribution is 2.28. The van der Waals surface area contributed by atoms with Gasteiger partial charge in [0.05, 0.1) is 11.6 Å². The molecular formula is C31H34N4O5. The molecule has 1 aliphatic heterocycles. The van der Waals surface area contributed by atoms with Gasteiger partial charge in [-0.1, -0.05) is 66.7 Å². The number of oxazole rings is 1. The zero-order valence-corrected chi connectivity index (χ0v) is 22.6. The van der Waals surface area contributed by atoms with E-state index in [0.717, 1.165) is 30.4 Å². The number of aromatic nitrogens is 1. The van der Waals surface area contributed by atoms with Crippen molar-refractivity contribution in [2.75, 3.05) is 26.2 Å². The van der Waals surface area contributed by atoms with Crippen LogP contribution in [0.3, 0.4) is 0 Å². The van der Waals surface area contributed by atoms with E-state index in [1.54, 1.807) is 22.9 Å². The predicted octanol–water partition coefficient (Wildman–Crippen LogP) is 4.86. The number of amides is 3. The van der Waals surface area contributed by atoms with Crippen molar-refractivity contribution in [2.45, 2.75) is 31.9 Å². The first-order chi connectivity index (χ1) is 19.5. The predicted molar refractivity (Wildman–Crippen MR) is 152 cm³/mol. The lowest BCUT2D eigenvalue weighted by Gasteiger charge is -2.41. The maximum atomic E-state index is 13.3. The fourth-order valence-electron chi connectivity index (χ4n) is 5.04. The smallest absolute Gasteiger partial charge is 0.419 e. The standard InChI is InChI=1S/C31H34N4O5/c1-33-26-16-15-25(20-28(26)40-30(33)37)27-21-34(31(38)39-22-24-13-6-3-7-14-24)18-19-35(27)29(36)32-17-9-8-12-23-10-4-2-5-11-23/h2-7,10-11,13-16,20,27H,8-9,12,17-19,21-22H2,1H3,(H,32,36). The minimum absolute atomic E-state index is 0.176. The zero-order valence-electron chi connectivity index (χ0n) is 22.6. The molecule has 3 amide bonds. The Labute approximate surface area is 232 Å². The number of ether oxygens (including phenoxy) is 1. The van der Waals surface area contributed by atoms with E-state index in [-0.39, 0.29) is 19.2 Å². The number of rotatable bonds is 8. The van der Waals surface area contributed by atoms with Crippen LogP contribution in [0.4, 0.5) is 9.59 Å². The molecule has 3 aromatic carbocycles. The third kappa shape index (κ3) is 6.36. The molecule has 0 spiro atoms. The number of unbranched alkanes of at least 4 members (excludes halogenated alkanes) is 1. The van der Waals surface area contributed by atoms with Gasteiger partial charge < -0.3 is 24.3 Å². The van der Waals surface area contributed by atoms with Gasteiger partial charge in [-0.05, 0) is 48.1 Å². The van der Waals surface area contributed by atoms with E-state index in [4.69, 9.17) is 9.15 Å². The van der Waals surface area contributed by atoms with Gasteiger partial charge in [-0.15, -0.1) is 0 Å². The number of hydrogen-bond acceptors (Lipinski definition) is 5. The second-order valence-electron chi connectivity index (χ2n) is 10.0. The summed E-state index contributed by atoms with van der Waals surface area (Å²) < 4.78 is 12.4. The van der Waals surface area contributed by atoms with Crippen LogP contribution in [-0.4, -0.2) is 52.7 Å². The summed E-state index contributed by atoms with van der Waals surface area (Å²) in [6.07, 6.45) is 2.37. The van der Waals surface area contributed by atoms with Gasteiger partial charge in [0.2, 0.25) is 0 Å². The Bertz CT molecular complexity index is 1500. The molecule has 0 radical (unpaired) electrons. The normalized spacial score (nSPS) is 15.3. The summed E-state index contributed by atoms with van der Waals surface area (Å²) in [4.78, 5) is 41.7. The molecule has 0 saturated carbocycles. The van der Waals surface area contributed by atoms with Crippen LogP contribution in [-0.2, 0) is 24.8 Å². The second kappa shape index (κ2) is 12.5. The summed E-state index contributed by atoms with van der Waals surface area (Å²) in [5.41, 5.74) is 4.07. The van der Waals surface area contributed by atoms with E-state index in [1.807, 2.05) is 60.7 Å². The van der Waals surface area contributed by atoms with Gasteiger partial charge in [0, 0.05) is 33.2 Å². The average Bonchev–Trinajstić information content (AvgIpc) is 3.28. The van der Waals surface area contributed by atoms with Crippen molar-refractivity contribution in [1.29, 1.82) is 0 Å². The number of carbonyl (C=O) groups excluding carboxylic acids is 2. The molecule has 1 unspecified atom stereocenters. The van der Waals surface area contributed by atoms with E-state index in [9.17, 15) is 14.4 Å². The molecule has 4 aromatic rings. The summed E-state index contributed by atoms with van der Waals surface area (Å²) in [5, 5.41) is 3.05. The molecule has 2 heterocycles. The van der Waals surface area contributed by atoms with Crippen molar-refractivity contribution >= 4 is 23.2 Å². The van der Waals surface area contributed by atoms with Crippen LogP contribution in [0, 0.1) is 0 Å². The number of nitrogens with one attached hydrogen (secondary N) is 1. The quantitative estimate of drug-likeness (QED) is 0.321. The van der Waals surface area contributed by atoms with Crippen LogP contribution < -0.4 is 11.1 Å². The van der Waals surface area contributed by atoms with Crippen molar-refractivity contribution < 1.29 is 18.7 Å². The third-order valence-electron chi connectivity index (χ3n) is 7.32. The summed E-state index contributed by atoms with van der Waals surface area (Å²) in [7, 11) is 1.65. The first-order valence-corrected chi connectivity index (χ1v) is 13.6. The van der Waals surface area contributed by atoms with Crippen LogP contribution in [0.5, 0.6) is 0 Å². The van der Waals surface area contributed by atoms with Crippen molar-refractivity contribution in [3.63, 3.8) is 0 Å². The molecule has 1 saturated heterocycles. The highest BCUT2D eigenvalue weighted by Gasteiger charge is 2.34. The van der Waals surface area contributed by atoms with E-state index < -0.39 is 17.9 Å². The Balaban J connectivity index is 1.26. The van der Waals surface area contributed by atoms with Crippen molar-refractivity contribution in [1.82, 2.24) is 19.7 Å². The average molecular weight is 543 g/mol.